The minimum Gasteiger partial charge on any atom is -0.459 e. The van der Waals surface area contributed by atoms with E-state index in [9.17, 15) is 17.6 Å². The zero-order chi connectivity index (χ0) is 14.1. The van der Waals surface area contributed by atoms with Crippen molar-refractivity contribution in [3.05, 3.63) is 29.1 Å². The second-order valence-corrected chi connectivity index (χ2v) is 5.66. The van der Waals surface area contributed by atoms with Gasteiger partial charge in [0.05, 0.1) is 16.6 Å². The van der Waals surface area contributed by atoms with E-state index >= 15 is 0 Å². The number of primary sulfonamides is 1. The van der Waals surface area contributed by atoms with Gasteiger partial charge in [-0.1, -0.05) is 0 Å². The Morgan fingerprint density at radius 1 is 1.39 bits per heavy atom. The van der Waals surface area contributed by atoms with E-state index in [0.717, 1.165) is 12.1 Å². The van der Waals surface area contributed by atoms with Crippen LogP contribution in [0.1, 0.15) is 29.8 Å². The number of carbonyl (C=O) groups excluding carboxylic acids is 1. The Hall–Kier alpha value is -1.47. The van der Waals surface area contributed by atoms with Gasteiger partial charge in [-0.05, 0) is 38.5 Å². The number of ether oxygens (including phenoxy) is 1. The molecule has 0 amide bonds. The molecule has 0 saturated heterocycles. The first-order valence-electron chi connectivity index (χ1n) is 5.17. The average Bonchev–Trinajstić information content (AvgIpc) is 2.18. The largest absolute Gasteiger partial charge is 0.459 e. The molecule has 0 aliphatic rings. The summed E-state index contributed by atoms with van der Waals surface area (Å²) in [5.41, 5.74) is -0.426. The van der Waals surface area contributed by atoms with Crippen LogP contribution in [0.4, 0.5) is 4.39 Å². The number of hydrogen-bond acceptors (Lipinski definition) is 4. The molecule has 18 heavy (non-hydrogen) atoms. The van der Waals surface area contributed by atoms with E-state index in [1.165, 1.54) is 6.92 Å². The van der Waals surface area contributed by atoms with Crippen molar-refractivity contribution >= 4 is 16.0 Å². The van der Waals surface area contributed by atoms with Crippen LogP contribution < -0.4 is 5.14 Å². The van der Waals surface area contributed by atoms with E-state index in [0.29, 0.717) is 0 Å². The van der Waals surface area contributed by atoms with Crippen molar-refractivity contribution in [2.75, 3.05) is 0 Å². The Labute approximate surface area is 105 Å². The number of hydrogen-bond donors (Lipinski definition) is 1. The molecule has 7 heteroatoms. The molecule has 1 aromatic rings. The summed E-state index contributed by atoms with van der Waals surface area (Å²) < 4.78 is 41.0. The lowest BCUT2D eigenvalue weighted by Gasteiger charge is -2.11. The van der Waals surface area contributed by atoms with Gasteiger partial charge < -0.3 is 4.74 Å². The van der Waals surface area contributed by atoms with Gasteiger partial charge in [-0.25, -0.2) is 22.7 Å². The van der Waals surface area contributed by atoms with E-state index < -0.39 is 33.5 Å². The number of carbonyl (C=O) groups is 1. The molecule has 100 valence electrons. The summed E-state index contributed by atoms with van der Waals surface area (Å²) in [6.45, 7) is 4.55. The average molecular weight is 275 g/mol. The molecule has 2 N–H and O–H groups in total. The van der Waals surface area contributed by atoms with Crippen molar-refractivity contribution < 1.29 is 22.3 Å². The van der Waals surface area contributed by atoms with Crippen LogP contribution in [0, 0.1) is 12.7 Å². The highest BCUT2D eigenvalue weighted by atomic mass is 32.2. The first-order chi connectivity index (χ1) is 8.12. The predicted molar refractivity (Wildman–Crippen MR) is 63.1 cm³/mol. The van der Waals surface area contributed by atoms with Crippen LogP contribution in [0.15, 0.2) is 17.0 Å². The number of rotatable bonds is 3. The van der Waals surface area contributed by atoms with Gasteiger partial charge in [0, 0.05) is 0 Å². The molecule has 0 atom stereocenters. The van der Waals surface area contributed by atoms with Gasteiger partial charge in [0.25, 0.3) is 0 Å². The van der Waals surface area contributed by atoms with Crippen molar-refractivity contribution in [3.8, 4) is 0 Å². The Bertz CT molecular complexity index is 581. The highest BCUT2D eigenvalue weighted by Gasteiger charge is 2.20. The van der Waals surface area contributed by atoms with Crippen LogP contribution in [0.3, 0.4) is 0 Å². The molecule has 0 aliphatic carbocycles. The van der Waals surface area contributed by atoms with Gasteiger partial charge in [-0.2, -0.15) is 0 Å². The van der Waals surface area contributed by atoms with E-state index in [1.807, 2.05) is 0 Å². The molecular weight excluding hydrogens is 261 g/mol. The second-order valence-electron chi connectivity index (χ2n) is 4.10. The molecule has 1 rings (SSSR count). The number of aryl methyl sites for hydroxylation is 1. The van der Waals surface area contributed by atoms with Gasteiger partial charge in [-0.3, -0.25) is 0 Å². The van der Waals surface area contributed by atoms with E-state index in [4.69, 9.17) is 9.88 Å². The van der Waals surface area contributed by atoms with Gasteiger partial charge in [-0.15, -0.1) is 0 Å². The second kappa shape index (κ2) is 5.03. The molecule has 0 heterocycles. The number of benzene rings is 1. The lowest BCUT2D eigenvalue weighted by molar-refractivity contribution is 0.0372. The molecule has 0 saturated carbocycles. The van der Waals surface area contributed by atoms with Crippen molar-refractivity contribution in [1.82, 2.24) is 0 Å². The molecule has 0 spiro atoms. The smallest absolute Gasteiger partial charge is 0.341 e. The Morgan fingerprint density at radius 3 is 2.39 bits per heavy atom. The third kappa shape index (κ3) is 3.27. The van der Waals surface area contributed by atoms with E-state index in [2.05, 4.69) is 0 Å². The maximum atomic E-state index is 13.7. The highest BCUT2D eigenvalue weighted by molar-refractivity contribution is 7.89. The third-order valence-electron chi connectivity index (χ3n) is 2.12. The summed E-state index contributed by atoms with van der Waals surface area (Å²) in [7, 11) is -4.00. The lowest BCUT2D eigenvalue weighted by Crippen LogP contribution is -2.17. The molecule has 0 bridgehead atoms. The Balaban J connectivity index is 3.36. The first-order valence-corrected chi connectivity index (χ1v) is 6.71. The van der Waals surface area contributed by atoms with E-state index in [-0.39, 0.29) is 10.5 Å². The van der Waals surface area contributed by atoms with Gasteiger partial charge in [0.2, 0.25) is 10.0 Å². The number of halogens is 1. The highest BCUT2D eigenvalue weighted by Crippen LogP contribution is 2.19. The van der Waals surface area contributed by atoms with Gasteiger partial charge in [0.15, 0.2) is 0 Å². The van der Waals surface area contributed by atoms with Crippen LogP contribution in [0.25, 0.3) is 0 Å². The fourth-order valence-electron chi connectivity index (χ4n) is 1.33. The Kier molecular flexibility index (Phi) is 4.08. The zero-order valence-electron chi connectivity index (χ0n) is 10.2. The predicted octanol–water partition coefficient (Wildman–Crippen LogP) is 1.35. The minimum atomic E-state index is -4.00. The van der Waals surface area contributed by atoms with Crippen LogP contribution in [0.2, 0.25) is 0 Å². The van der Waals surface area contributed by atoms with Crippen molar-refractivity contribution in [1.29, 1.82) is 0 Å². The third-order valence-corrected chi connectivity index (χ3v) is 3.01. The van der Waals surface area contributed by atoms with Crippen LogP contribution >= 0.6 is 0 Å². The summed E-state index contributed by atoms with van der Waals surface area (Å²) in [6, 6.07) is 1.94. The van der Waals surface area contributed by atoms with Crippen molar-refractivity contribution in [2.45, 2.75) is 31.8 Å². The standard InChI is InChI=1S/C11H14FNO4S/c1-6(2)17-11(14)9-5-8(18(13,15)16)4-7(3)10(9)12/h4-6H,1-3H3,(H2,13,15,16). The topological polar surface area (TPSA) is 86.5 Å². The number of esters is 1. The summed E-state index contributed by atoms with van der Waals surface area (Å²) >= 11 is 0. The van der Waals surface area contributed by atoms with Crippen LogP contribution in [-0.4, -0.2) is 20.5 Å². The fraction of sp³-hybridized carbons (Fsp3) is 0.364. The molecule has 0 fully saturated rings. The molecule has 0 radical (unpaired) electrons. The SMILES string of the molecule is Cc1cc(S(N)(=O)=O)cc(C(=O)OC(C)C)c1F. The molecule has 0 aliphatic heterocycles. The number of nitrogens with two attached hydrogens (primary N) is 1. The van der Waals surface area contributed by atoms with Crippen molar-refractivity contribution in [3.63, 3.8) is 0 Å². The lowest BCUT2D eigenvalue weighted by atomic mass is 10.1. The molecular formula is C11H14FNO4S. The fourth-order valence-corrected chi connectivity index (χ4v) is 1.95. The van der Waals surface area contributed by atoms with E-state index in [1.54, 1.807) is 13.8 Å². The summed E-state index contributed by atoms with van der Waals surface area (Å²) in [4.78, 5) is 11.3. The minimum absolute atomic E-state index is 0.0113. The summed E-state index contributed by atoms with van der Waals surface area (Å²) in [5, 5.41) is 4.94. The summed E-state index contributed by atoms with van der Waals surface area (Å²) in [5.74, 6) is -1.73. The van der Waals surface area contributed by atoms with Gasteiger partial charge >= 0.3 is 5.97 Å². The monoisotopic (exact) mass is 275 g/mol. The molecule has 0 unspecified atom stereocenters. The summed E-state index contributed by atoms with van der Waals surface area (Å²) in [6.07, 6.45) is -0.435. The molecule has 5 nitrogen and oxygen atoms in total. The van der Waals surface area contributed by atoms with Crippen molar-refractivity contribution in [2.24, 2.45) is 5.14 Å². The maximum absolute atomic E-state index is 13.7. The number of sulfonamides is 1. The quantitative estimate of drug-likeness (QED) is 0.843. The normalized spacial score (nSPS) is 11.7. The maximum Gasteiger partial charge on any atom is 0.341 e. The first kappa shape index (κ1) is 14.6. The molecule has 1 aromatic carbocycles. The van der Waals surface area contributed by atoms with Gasteiger partial charge in [0.1, 0.15) is 5.82 Å². The van der Waals surface area contributed by atoms with Crippen LogP contribution in [0.5, 0.6) is 0 Å². The zero-order valence-corrected chi connectivity index (χ0v) is 11.0. The molecule has 0 aromatic heterocycles. The van der Waals surface area contributed by atoms with Crippen LogP contribution in [-0.2, 0) is 14.8 Å². The Morgan fingerprint density at radius 2 is 1.94 bits per heavy atom.